The van der Waals surface area contributed by atoms with Crippen LogP contribution in [0.1, 0.15) is 25.0 Å². The Morgan fingerprint density at radius 3 is 1.88 bits per heavy atom. The average molecular weight is 341 g/mol. The van der Waals surface area contributed by atoms with Crippen LogP contribution in [0.4, 0.5) is 0 Å². The van der Waals surface area contributed by atoms with Gasteiger partial charge in [0.15, 0.2) is 0 Å². The van der Waals surface area contributed by atoms with E-state index in [0.717, 1.165) is 16.9 Å². The summed E-state index contributed by atoms with van der Waals surface area (Å²) in [6, 6.07) is 11.0. The first-order valence-corrected chi connectivity index (χ1v) is 8.02. The molecule has 2 aromatic rings. The van der Waals surface area contributed by atoms with Gasteiger partial charge in [0.05, 0.1) is 7.11 Å². The molecular formula is C19H23N3O3. The van der Waals surface area contributed by atoms with Crippen molar-refractivity contribution in [3.63, 3.8) is 0 Å². The van der Waals surface area contributed by atoms with Crippen LogP contribution in [0.2, 0.25) is 0 Å². The lowest BCUT2D eigenvalue weighted by atomic mass is 9.91. The predicted octanol–water partition coefficient (Wildman–Crippen LogP) is 2.05. The van der Waals surface area contributed by atoms with E-state index in [1.54, 1.807) is 33.4 Å². The summed E-state index contributed by atoms with van der Waals surface area (Å²) in [7, 11) is 1.60. The molecule has 6 nitrogen and oxygen atoms in total. The van der Waals surface area contributed by atoms with E-state index >= 15 is 0 Å². The monoisotopic (exact) mass is 341 g/mol. The number of benzene rings is 1. The lowest BCUT2D eigenvalue weighted by Crippen LogP contribution is -2.47. The maximum Gasteiger partial charge on any atom is 0.235 e. The fraction of sp³-hybridized carbons (Fsp3) is 0.316. The number of nitrogens with zero attached hydrogens (tertiary/aromatic N) is 1. The number of rotatable bonds is 7. The number of hydrogen-bond acceptors (Lipinski definition) is 4. The van der Waals surface area contributed by atoms with E-state index in [4.69, 9.17) is 4.74 Å². The van der Waals surface area contributed by atoms with Crippen molar-refractivity contribution in [3.05, 3.63) is 59.9 Å². The van der Waals surface area contributed by atoms with Gasteiger partial charge in [0.2, 0.25) is 11.8 Å². The van der Waals surface area contributed by atoms with Crippen LogP contribution in [-0.2, 0) is 22.7 Å². The van der Waals surface area contributed by atoms with Crippen molar-refractivity contribution in [2.24, 2.45) is 5.41 Å². The van der Waals surface area contributed by atoms with Gasteiger partial charge >= 0.3 is 0 Å². The van der Waals surface area contributed by atoms with Gasteiger partial charge in [0, 0.05) is 25.5 Å². The second-order valence-electron chi connectivity index (χ2n) is 6.19. The molecule has 6 heteroatoms. The highest BCUT2D eigenvalue weighted by Crippen LogP contribution is 2.17. The molecule has 0 atom stereocenters. The Kier molecular flexibility index (Phi) is 6.11. The molecule has 0 aliphatic carbocycles. The lowest BCUT2D eigenvalue weighted by Gasteiger charge is -2.22. The third-order valence-electron chi connectivity index (χ3n) is 3.95. The normalized spacial score (nSPS) is 10.8. The molecule has 1 heterocycles. The second-order valence-corrected chi connectivity index (χ2v) is 6.19. The van der Waals surface area contributed by atoms with Crippen molar-refractivity contribution in [2.45, 2.75) is 26.9 Å². The minimum atomic E-state index is -1.17. The van der Waals surface area contributed by atoms with Crippen molar-refractivity contribution in [1.29, 1.82) is 0 Å². The molecule has 132 valence electrons. The highest BCUT2D eigenvalue weighted by atomic mass is 16.5. The van der Waals surface area contributed by atoms with Crippen LogP contribution < -0.4 is 15.4 Å². The summed E-state index contributed by atoms with van der Waals surface area (Å²) < 4.78 is 5.10. The summed E-state index contributed by atoms with van der Waals surface area (Å²) in [5.74, 6) is 0.109. The van der Waals surface area contributed by atoms with Crippen molar-refractivity contribution in [1.82, 2.24) is 15.6 Å². The summed E-state index contributed by atoms with van der Waals surface area (Å²) in [6.07, 6.45) is 3.32. The van der Waals surface area contributed by atoms with Crippen LogP contribution in [-0.4, -0.2) is 23.9 Å². The quantitative estimate of drug-likeness (QED) is 0.755. The number of nitrogens with one attached hydrogen (secondary N) is 2. The van der Waals surface area contributed by atoms with Gasteiger partial charge in [-0.2, -0.15) is 0 Å². The zero-order valence-electron chi connectivity index (χ0n) is 14.7. The Hall–Kier alpha value is -2.89. The second kappa shape index (κ2) is 8.28. The molecule has 0 bridgehead atoms. The molecule has 0 aliphatic heterocycles. The van der Waals surface area contributed by atoms with Gasteiger partial charge in [-0.05, 0) is 49.2 Å². The number of carbonyl (C=O) groups excluding carboxylic acids is 2. The maximum absolute atomic E-state index is 12.4. The molecule has 0 saturated carbocycles. The minimum Gasteiger partial charge on any atom is -0.497 e. The highest BCUT2D eigenvalue weighted by molar-refractivity contribution is 6.04. The van der Waals surface area contributed by atoms with E-state index in [1.165, 1.54) is 0 Å². The smallest absolute Gasteiger partial charge is 0.235 e. The van der Waals surface area contributed by atoms with Crippen LogP contribution in [0.25, 0.3) is 0 Å². The summed E-state index contributed by atoms with van der Waals surface area (Å²) in [6.45, 7) is 3.93. The van der Waals surface area contributed by atoms with Crippen molar-refractivity contribution >= 4 is 11.8 Å². The Morgan fingerprint density at radius 1 is 0.920 bits per heavy atom. The molecule has 0 spiro atoms. The van der Waals surface area contributed by atoms with E-state index in [0.29, 0.717) is 13.1 Å². The summed E-state index contributed by atoms with van der Waals surface area (Å²) in [5.41, 5.74) is 0.694. The molecule has 25 heavy (non-hydrogen) atoms. The van der Waals surface area contributed by atoms with Crippen LogP contribution in [0.5, 0.6) is 5.75 Å². The number of amides is 2. The van der Waals surface area contributed by atoms with Gasteiger partial charge in [-0.3, -0.25) is 14.6 Å². The third-order valence-corrected chi connectivity index (χ3v) is 3.95. The first kappa shape index (κ1) is 18.4. The van der Waals surface area contributed by atoms with E-state index in [9.17, 15) is 9.59 Å². The molecule has 0 fully saturated rings. The van der Waals surface area contributed by atoms with Crippen LogP contribution in [0.15, 0.2) is 48.8 Å². The maximum atomic E-state index is 12.4. The van der Waals surface area contributed by atoms with Crippen LogP contribution in [0, 0.1) is 5.41 Å². The third kappa shape index (κ3) is 5.04. The van der Waals surface area contributed by atoms with Crippen LogP contribution in [0.3, 0.4) is 0 Å². The zero-order valence-corrected chi connectivity index (χ0v) is 14.7. The van der Waals surface area contributed by atoms with Gasteiger partial charge in [-0.25, -0.2) is 0 Å². The van der Waals surface area contributed by atoms with Crippen molar-refractivity contribution in [3.8, 4) is 5.75 Å². The first-order valence-electron chi connectivity index (χ1n) is 8.02. The molecule has 0 saturated heterocycles. The van der Waals surface area contributed by atoms with Gasteiger partial charge in [0.25, 0.3) is 0 Å². The first-order chi connectivity index (χ1) is 11.9. The molecule has 0 aliphatic rings. The fourth-order valence-corrected chi connectivity index (χ4v) is 2.15. The lowest BCUT2D eigenvalue weighted by molar-refractivity contribution is -0.141. The van der Waals surface area contributed by atoms with Gasteiger partial charge < -0.3 is 15.4 Å². The van der Waals surface area contributed by atoms with Gasteiger partial charge in [0.1, 0.15) is 11.2 Å². The van der Waals surface area contributed by atoms with Crippen molar-refractivity contribution in [2.75, 3.05) is 7.11 Å². The molecule has 0 unspecified atom stereocenters. The Balaban J connectivity index is 1.88. The molecular weight excluding hydrogens is 318 g/mol. The fourth-order valence-electron chi connectivity index (χ4n) is 2.15. The van der Waals surface area contributed by atoms with Crippen molar-refractivity contribution < 1.29 is 14.3 Å². The average Bonchev–Trinajstić information content (AvgIpc) is 2.65. The molecule has 1 aromatic heterocycles. The Bertz CT molecular complexity index is 712. The molecule has 1 aromatic carbocycles. The molecule has 2 rings (SSSR count). The number of carbonyl (C=O) groups is 2. The SMILES string of the molecule is COc1ccc(CNC(=O)C(C)(C)C(=O)NCc2ccncc2)cc1. The molecule has 2 N–H and O–H groups in total. The van der Waals surface area contributed by atoms with E-state index in [-0.39, 0.29) is 11.8 Å². The van der Waals surface area contributed by atoms with Gasteiger partial charge in [-0.1, -0.05) is 12.1 Å². The number of pyridine rings is 1. The topological polar surface area (TPSA) is 80.3 Å². The predicted molar refractivity (Wildman–Crippen MR) is 94.7 cm³/mol. The minimum absolute atomic E-state index is 0.323. The van der Waals surface area contributed by atoms with Crippen LogP contribution >= 0.6 is 0 Å². The number of aromatic nitrogens is 1. The Morgan fingerprint density at radius 2 is 1.40 bits per heavy atom. The molecule has 2 amide bonds. The van der Waals surface area contributed by atoms with E-state index < -0.39 is 5.41 Å². The highest BCUT2D eigenvalue weighted by Gasteiger charge is 2.35. The van der Waals surface area contributed by atoms with Gasteiger partial charge in [-0.15, -0.1) is 0 Å². The number of methoxy groups -OCH3 is 1. The standard InChI is InChI=1S/C19H23N3O3/c1-19(2,18(24)22-13-15-8-10-20-11-9-15)17(23)21-12-14-4-6-16(25-3)7-5-14/h4-11H,12-13H2,1-3H3,(H,21,23)(H,22,24). The number of hydrogen-bond donors (Lipinski definition) is 2. The zero-order chi connectivity index (χ0) is 18.3. The summed E-state index contributed by atoms with van der Waals surface area (Å²) >= 11 is 0. The number of ether oxygens (including phenoxy) is 1. The summed E-state index contributed by atoms with van der Waals surface area (Å²) in [5, 5.41) is 5.59. The summed E-state index contributed by atoms with van der Waals surface area (Å²) in [4.78, 5) is 28.7. The largest absolute Gasteiger partial charge is 0.497 e. The van der Waals surface area contributed by atoms with E-state index in [1.807, 2.05) is 36.4 Å². The van der Waals surface area contributed by atoms with E-state index in [2.05, 4.69) is 15.6 Å². The molecule has 0 radical (unpaired) electrons. The Labute approximate surface area is 147 Å².